The smallest absolute Gasteiger partial charge is 0.176 e. The first-order valence-electron chi connectivity index (χ1n) is 7.91. The molecule has 0 unspecified atom stereocenters. The van der Waals surface area contributed by atoms with E-state index in [1.807, 2.05) is 26.0 Å². The van der Waals surface area contributed by atoms with Gasteiger partial charge in [0.1, 0.15) is 5.82 Å². The van der Waals surface area contributed by atoms with Crippen LogP contribution in [0.1, 0.15) is 16.8 Å². The Balaban J connectivity index is 1.83. The first-order chi connectivity index (χ1) is 12.0. The maximum atomic E-state index is 13.2. The summed E-state index contributed by atoms with van der Waals surface area (Å²) in [7, 11) is 0. The van der Waals surface area contributed by atoms with Crippen LogP contribution in [0.5, 0.6) is 0 Å². The molecule has 0 saturated heterocycles. The monoisotopic (exact) mass is 354 g/mol. The van der Waals surface area contributed by atoms with Crippen molar-refractivity contribution in [1.29, 1.82) is 0 Å². The number of thiocarbonyl (C=S) groups is 1. The third-order valence-corrected chi connectivity index (χ3v) is 4.37. The first kappa shape index (κ1) is 17.1. The molecule has 1 heterocycles. The lowest BCUT2D eigenvalue weighted by Gasteiger charge is -2.13. The van der Waals surface area contributed by atoms with Crippen molar-refractivity contribution in [2.24, 2.45) is 0 Å². The number of H-pyrrole nitrogens is 1. The summed E-state index contributed by atoms with van der Waals surface area (Å²) in [5, 5.41) is 14.0. The Kier molecular flexibility index (Phi) is 4.81. The van der Waals surface area contributed by atoms with E-state index in [9.17, 15) is 4.39 Å². The van der Waals surface area contributed by atoms with Gasteiger partial charge in [-0.25, -0.2) is 4.39 Å². The van der Waals surface area contributed by atoms with Gasteiger partial charge in [0.15, 0.2) is 10.9 Å². The van der Waals surface area contributed by atoms with E-state index in [1.165, 1.54) is 17.7 Å². The van der Waals surface area contributed by atoms with Crippen LogP contribution in [0.15, 0.2) is 42.5 Å². The van der Waals surface area contributed by atoms with E-state index in [-0.39, 0.29) is 5.82 Å². The molecule has 3 aromatic rings. The highest BCUT2D eigenvalue weighted by Crippen LogP contribution is 2.29. The fourth-order valence-electron chi connectivity index (χ4n) is 2.64. The van der Waals surface area contributed by atoms with Gasteiger partial charge in [0.25, 0.3) is 0 Å². The van der Waals surface area contributed by atoms with Gasteiger partial charge in [-0.2, -0.15) is 5.10 Å². The number of aryl methyl sites for hydroxylation is 2. The summed E-state index contributed by atoms with van der Waals surface area (Å²) in [6, 6.07) is 12.3. The van der Waals surface area contributed by atoms with Crippen LogP contribution in [-0.2, 0) is 0 Å². The highest BCUT2D eigenvalue weighted by Gasteiger charge is 2.14. The van der Waals surface area contributed by atoms with Crippen LogP contribution in [-0.4, -0.2) is 15.3 Å². The molecule has 1 aromatic heterocycles. The topological polar surface area (TPSA) is 52.7 Å². The molecular weight excluding hydrogens is 335 g/mol. The number of rotatable bonds is 3. The number of hydrogen-bond acceptors (Lipinski definition) is 2. The Labute approximate surface area is 151 Å². The molecule has 3 rings (SSSR count). The maximum Gasteiger partial charge on any atom is 0.176 e. The van der Waals surface area contributed by atoms with Crippen molar-refractivity contribution in [3.63, 3.8) is 0 Å². The average Bonchev–Trinajstić information content (AvgIpc) is 2.93. The molecule has 0 amide bonds. The van der Waals surface area contributed by atoms with E-state index in [1.54, 1.807) is 12.1 Å². The average molecular weight is 354 g/mol. The number of nitrogens with zero attached hydrogens (tertiary/aromatic N) is 1. The number of nitrogens with one attached hydrogen (secondary N) is 3. The minimum Gasteiger partial charge on any atom is -0.332 e. The van der Waals surface area contributed by atoms with Crippen LogP contribution in [0.2, 0.25) is 0 Å². The predicted octanol–water partition coefficient (Wildman–Crippen LogP) is 4.95. The molecule has 2 aromatic carbocycles. The molecule has 0 aliphatic heterocycles. The largest absolute Gasteiger partial charge is 0.332 e. The summed E-state index contributed by atoms with van der Waals surface area (Å²) in [4.78, 5) is 0. The van der Waals surface area contributed by atoms with E-state index in [0.717, 1.165) is 28.1 Å². The van der Waals surface area contributed by atoms with Gasteiger partial charge in [-0.3, -0.25) is 5.10 Å². The van der Waals surface area contributed by atoms with Crippen molar-refractivity contribution in [2.75, 3.05) is 10.6 Å². The lowest BCUT2D eigenvalue weighted by molar-refractivity contribution is 0.628. The highest BCUT2D eigenvalue weighted by atomic mass is 32.1. The summed E-state index contributed by atoms with van der Waals surface area (Å²) in [5.74, 6) is 0.332. The Bertz CT molecular complexity index is 916. The Morgan fingerprint density at radius 2 is 1.76 bits per heavy atom. The van der Waals surface area contributed by atoms with Gasteiger partial charge < -0.3 is 10.6 Å². The highest BCUT2D eigenvalue weighted by molar-refractivity contribution is 7.80. The summed E-state index contributed by atoms with van der Waals surface area (Å²) in [6.45, 7) is 6.02. The number of benzene rings is 2. The van der Waals surface area contributed by atoms with E-state index in [0.29, 0.717) is 10.9 Å². The van der Waals surface area contributed by atoms with Gasteiger partial charge in [-0.05, 0) is 67.9 Å². The zero-order valence-electron chi connectivity index (χ0n) is 14.3. The summed E-state index contributed by atoms with van der Waals surface area (Å²) in [6.07, 6.45) is 0. The summed E-state index contributed by atoms with van der Waals surface area (Å²) < 4.78 is 13.2. The molecule has 0 spiro atoms. The summed E-state index contributed by atoms with van der Waals surface area (Å²) in [5.41, 5.74) is 5.89. The molecule has 3 N–H and O–H groups in total. The van der Waals surface area contributed by atoms with Gasteiger partial charge >= 0.3 is 0 Å². The van der Waals surface area contributed by atoms with Crippen LogP contribution < -0.4 is 10.6 Å². The van der Waals surface area contributed by atoms with Crippen molar-refractivity contribution in [1.82, 2.24) is 10.2 Å². The molecule has 0 aliphatic rings. The van der Waals surface area contributed by atoms with Gasteiger partial charge in [0.2, 0.25) is 0 Å². The second-order valence-electron chi connectivity index (χ2n) is 5.91. The molecule has 4 nitrogen and oxygen atoms in total. The molecule has 0 fully saturated rings. The van der Waals surface area contributed by atoms with Gasteiger partial charge in [0, 0.05) is 16.9 Å². The van der Waals surface area contributed by atoms with Crippen LogP contribution in [0.3, 0.4) is 0 Å². The van der Waals surface area contributed by atoms with E-state index < -0.39 is 0 Å². The lowest BCUT2D eigenvalue weighted by atomic mass is 10.1. The van der Waals surface area contributed by atoms with Crippen molar-refractivity contribution in [3.05, 3.63) is 65.1 Å². The number of anilines is 2. The number of halogens is 1. The van der Waals surface area contributed by atoms with Crippen molar-refractivity contribution < 1.29 is 4.39 Å². The number of aromatic amines is 1. The quantitative estimate of drug-likeness (QED) is 0.583. The van der Waals surface area contributed by atoms with Crippen molar-refractivity contribution >= 4 is 28.8 Å². The van der Waals surface area contributed by atoms with E-state index in [2.05, 4.69) is 33.8 Å². The molecule has 0 saturated carbocycles. The van der Waals surface area contributed by atoms with Gasteiger partial charge in [0.05, 0.1) is 0 Å². The third kappa shape index (κ3) is 3.69. The van der Waals surface area contributed by atoms with Crippen LogP contribution in [0.4, 0.5) is 15.9 Å². The minimum atomic E-state index is -0.272. The lowest BCUT2D eigenvalue weighted by Crippen LogP contribution is -2.20. The molecule has 0 atom stereocenters. The second kappa shape index (κ2) is 7.03. The molecule has 25 heavy (non-hydrogen) atoms. The molecule has 6 heteroatoms. The Morgan fingerprint density at radius 3 is 2.48 bits per heavy atom. The first-order valence-corrected chi connectivity index (χ1v) is 8.31. The third-order valence-electron chi connectivity index (χ3n) is 4.16. The van der Waals surface area contributed by atoms with Gasteiger partial charge in [-0.1, -0.05) is 24.3 Å². The zero-order chi connectivity index (χ0) is 18.0. The van der Waals surface area contributed by atoms with E-state index in [4.69, 9.17) is 12.2 Å². The van der Waals surface area contributed by atoms with Crippen LogP contribution in [0, 0.1) is 26.6 Å². The fraction of sp³-hybridized carbons (Fsp3) is 0.158. The minimum absolute atomic E-state index is 0.272. The Hall–Kier alpha value is -2.73. The van der Waals surface area contributed by atoms with Crippen molar-refractivity contribution in [3.8, 4) is 11.1 Å². The van der Waals surface area contributed by atoms with E-state index >= 15 is 0 Å². The second-order valence-corrected chi connectivity index (χ2v) is 6.31. The number of hydrogen-bond donors (Lipinski definition) is 3. The van der Waals surface area contributed by atoms with Crippen molar-refractivity contribution in [2.45, 2.75) is 20.8 Å². The molecule has 0 aliphatic carbocycles. The Morgan fingerprint density at radius 1 is 1.04 bits per heavy atom. The standard InChI is InChI=1S/C19H19FN4S/c1-11-5-4-6-16(12(11)2)21-19(25)22-18-17(13(3)23-24-18)14-7-9-15(20)10-8-14/h4-10H,1-3H3,(H3,21,22,23,24,25). The number of aromatic nitrogens is 2. The molecule has 0 bridgehead atoms. The molecule has 128 valence electrons. The molecule has 0 radical (unpaired) electrons. The predicted molar refractivity (Wildman–Crippen MR) is 104 cm³/mol. The van der Waals surface area contributed by atoms with Crippen LogP contribution in [0.25, 0.3) is 11.1 Å². The zero-order valence-corrected chi connectivity index (χ0v) is 15.1. The molecular formula is C19H19FN4S. The van der Waals surface area contributed by atoms with Gasteiger partial charge in [-0.15, -0.1) is 0 Å². The SMILES string of the molecule is Cc1cccc(NC(=S)Nc2n[nH]c(C)c2-c2ccc(F)cc2)c1C. The normalized spacial score (nSPS) is 10.6. The maximum absolute atomic E-state index is 13.2. The summed E-state index contributed by atoms with van der Waals surface area (Å²) >= 11 is 5.42. The fourth-order valence-corrected chi connectivity index (χ4v) is 2.84. The van der Waals surface area contributed by atoms with Crippen LogP contribution >= 0.6 is 12.2 Å².